The third-order valence-corrected chi connectivity index (χ3v) is 3.14. The highest BCUT2D eigenvalue weighted by Crippen LogP contribution is 2.26. The minimum atomic E-state index is -1.16. The summed E-state index contributed by atoms with van der Waals surface area (Å²) in [4.78, 5) is 15.0. The van der Waals surface area contributed by atoms with Gasteiger partial charge in [0, 0.05) is 12.6 Å². The largest absolute Gasteiger partial charge is 0.476 e. The van der Waals surface area contributed by atoms with Gasteiger partial charge in [0.15, 0.2) is 5.69 Å². The molecule has 1 atom stereocenters. The molecule has 0 saturated heterocycles. The van der Waals surface area contributed by atoms with Crippen LogP contribution in [0.4, 0.5) is 5.82 Å². The number of carboxylic acids is 1. The number of hydrogen-bond donors (Lipinski definition) is 3. The Hall–Kier alpha value is -1.33. The molecule has 0 aromatic carbocycles. The number of aromatic nitrogens is 1. The van der Waals surface area contributed by atoms with Crippen molar-refractivity contribution < 1.29 is 15.0 Å². The molecule has 1 aromatic rings. The van der Waals surface area contributed by atoms with Crippen LogP contribution in [0.15, 0.2) is 12.1 Å². The van der Waals surface area contributed by atoms with Crippen molar-refractivity contribution in [3.8, 4) is 0 Å². The van der Waals surface area contributed by atoms with E-state index in [1.54, 1.807) is 6.07 Å². The second-order valence-electron chi connectivity index (χ2n) is 5.41. The summed E-state index contributed by atoms with van der Waals surface area (Å²) in [5.41, 5.74) is -0.267. The Bertz CT molecular complexity index is 458. The standard InChI is InChI=1S/C13H19ClN2O3/c1-13(2,3)9(6-7-17)15-10-5-4-8(14)11(16-10)12(18)19/h4-5,9,17H,6-7H2,1-3H3,(H,15,16)(H,18,19). The number of carboxylic acid groups (broad SMARTS) is 1. The molecule has 6 heteroatoms. The lowest BCUT2D eigenvalue weighted by molar-refractivity contribution is 0.0691. The maximum absolute atomic E-state index is 11.0. The number of carbonyl (C=O) groups is 1. The zero-order valence-corrected chi connectivity index (χ0v) is 12.0. The zero-order valence-electron chi connectivity index (χ0n) is 11.3. The van der Waals surface area contributed by atoms with Crippen molar-refractivity contribution in [2.45, 2.75) is 33.2 Å². The summed E-state index contributed by atoms with van der Waals surface area (Å²) in [5, 5.41) is 21.3. The van der Waals surface area contributed by atoms with E-state index in [0.29, 0.717) is 12.2 Å². The van der Waals surface area contributed by atoms with Gasteiger partial charge in [-0.15, -0.1) is 0 Å². The molecule has 0 radical (unpaired) electrons. The second-order valence-corrected chi connectivity index (χ2v) is 5.81. The fourth-order valence-corrected chi connectivity index (χ4v) is 1.89. The molecule has 5 nitrogen and oxygen atoms in total. The van der Waals surface area contributed by atoms with Gasteiger partial charge in [0.05, 0.1) is 5.02 Å². The topological polar surface area (TPSA) is 82.5 Å². The smallest absolute Gasteiger partial charge is 0.356 e. The zero-order chi connectivity index (χ0) is 14.6. The molecule has 3 N–H and O–H groups in total. The average molecular weight is 287 g/mol. The molecule has 106 valence electrons. The SMILES string of the molecule is CC(C)(C)C(CCO)Nc1ccc(Cl)c(C(=O)O)n1. The van der Waals surface area contributed by atoms with Gasteiger partial charge >= 0.3 is 5.97 Å². The van der Waals surface area contributed by atoms with E-state index in [1.165, 1.54) is 6.07 Å². The molecule has 1 unspecified atom stereocenters. The first-order valence-corrected chi connectivity index (χ1v) is 6.40. The third kappa shape index (κ3) is 4.36. The molecule has 0 aliphatic rings. The predicted molar refractivity (Wildman–Crippen MR) is 74.8 cm³/mol. The second kappa shape index (κ2) is 6.21. The molecule has 1 aromatic heterocycles. The van der Waals surface area contributed by atoms with Crippen LogP contribution in [0.5, 0.6) is 0 Å². The van der Waals surface area contributed by atoms with Crippen molar-refractivity contribution in [2.24, 2.45) is 5.41 Å². The van der Waals surface area contributed by atoms with Crippen LogP contribution in [0, 0.1) is 5.41 Å². The van der Waals surface area contributed by atoms with Crippen LogP contribution in [0.2, 0.25) is 5.02 Å². The van der Waals surface area contributed by atoms with E-state index in [-0.39, 0.29) is 28.8 Å². The number of nitrogens with zero attached hydrogens (tertiary/aromatic N) is 1. The number of aliphatic hydroxyl groups is 1. The number of hydrogen-bond acceptors (Lipinski definition) is 4. The summed E-state index contributed by atoms with van der Waals surface area (Å²) >= 11 is 5.77. The Labute approximate surface area is 117 Å². The summed E-state index contributed by atoms with van der Waals surface area (Å²) in [6.45, 7) is 6.16. The van der Waals surface area contributed by atoms with Gasteiger partial charge in [-0.2, -0.15) is 0 Å². The number of nitrogens with one attached hydrogen (secondary N) is 1. The van der Waals surface area contributed by atoms with E-state index in [1.807, 2.05) is 20.8 Å². The molecule has 0 amide bonds. The highest BCUT2D eigenvalue weighted by atomic mass is 35.5. The van der Waals surface area contributed by atoms with Crippen molar-refractivity contribution in [1.82, 2.24) is 4.98 Å². The average Bonchev–Trinajstić information content (AvgIpc) is 2.29. The number of anilines is 1. The van der Waals surface area contributed by atoms with Crippen LogP contribution in [0.3, 0.4) is 0 Å². The van der Waals surface area contributed by atoms with Crippen LogP contribution in [-0.2, 0) is 0 Å². The molecule has 1 heterocycles. The van der Waals surface area contributed by atoms with Crippen molar-refractivity contribution in [1.29, 1.82) is 0 Å². The molecule has 0 saturated carbocycles. The van der Waals surface area contributed by atoms with Gasteiger partial charge < -0.3 is 15.5 Å². The first kappa shape index (κ1) is 15.7. The molecule has 0 aliphatic heterocycles. The van der Waals surface area contributed by atoms with Crippen molar-refractivity contribution in [3.63, 3.8) is 0 Å². The monoisotopic (exact) mass is 286 g/mol. The van der Waals surface area contributed by atoms with Crippen LogP contribution in [0.1, 0.15) is 37.7 Å². The fourth-order valence-electron chi connectivity index (χ4n) is 1.70. The summed E-state index contributed by atoms with van der Waals surface area (Å²) in [5.74, 6) is -0.724. The van der Waals surface area contributed by atoms with Crippen molar-refractivity contribution in [3.05, 3.63) is 22.8 Å². The highest BCUT2D eigenvalue weighted by Gasteiger charge is 2.24. The van der Waals surface area contributed by atoms with E-state index in [4.69, 9.17) is 21.8 Å². The van der Waals surface area contributed by atoms with Crippen LogP contribution in [-0.4, -0.2) is 33.8 Å². The lowest BCUT2D eigenvalue weighted by Crippen LogP contribution is -2.35. The van der Waals surface area contributed by atoms with Crippen LogP contribution in [0.25, 0.3) is 0 Å². The molecule has 0 aliphatic carbocycles. The van der Waals surface area contributed by atoms with E-state index in [2.05, 4.69) is 10.3 Å². The van der Waals surface area contributed by atoms with Gasteiger partial charge in [-0.1, -0.05) is 32.4 Å². The van der Waals surface area contributed by atoms with E-state index in [0.717, 1.165) is 0 Å². The minimum absolute atomic E-state index is 0.0205. The number of aromatic carboxylic acids is 1. The maximum atomic E-state index is 11.0. The molecule has 0 spiro atoms. The van der Waals surface area contributed by atoms with Gasteiger partial charge in [0.25, 0.3) is 0 Å². The fraction of sp³-hybridized carbons (Fsp3) is 0.538. The van der Waals surface area contributed by atoms with Crippen molar-refractivity contribution >= 4 is 23.4 Å². The molecular weight excluding hydrogens is 268 g/mol. The third-order valence-electron chi connectivity index (χ3n) is 2.83. The lowest BCUT2D eigenvalue weighted by Gasteiger charge is -2.31. The number of rotatable bonds is 5. The Morgan fingerprint density at radius 2 is 2.11 bits per heavy atom. The quantitative estimate of drug-likeness (QED) is 0.775. The molecule has 19 heavy (non-hydrogen) atoms. The van der Waals surface area contributed by atoms with E-state index < -0.39 is 5.97 Å². The molecule has 0 bridgehead atoms. The summed E-state index contributed by atoms with van der Waals surface area (Å²) in [6.07, 6.45) is 0.552. The highest BCUT2D eigenvalue weighted by molar-refractivity contribution is 6.33. The first-order valence-electron chi connectivity index (χ1n) is 6.03. The van der Waals surface area contributed by atoms with Gasteiger partial charge in [0.2, 0.25) is 0 Å². The summed E-state index contributed by atoms with van der Waals surface area (Å²) < 4.78 is 0. The molecule has 1 rings (SSSR count). The molecular formula is C13H19ClN2O3. The van der Waals surface area contributed by atoms with E-state index in [9.17, 15) is 4.79 Å². The lowest BCUT2D eigenvalue weighted by atomic mass is 9.85. The Balaban J connectivity index is 2.97. The van der Waals surface area contributed by atoms with Crippen LogP contribution < -0.4 is 5.32 Å². The Kier molecular flexibility index (Phi) is 5.14. The Morgan fingerprint density at radius 1 is 1.47 bits per heavy atom. The normalized spacial score (nSPS) is 13.1. The first-order chi connectivity index (χ1) is 8.75. The predicted octanol–water partition coefficient (Wildman–Crippen LogP) is 2.64. The van der Waals surface area contributed by atoms with Gasteiger partial charge in [-0.3, -0.25) is 0 Å². The van der Waals surface area contributed by atoms with Gasteiger partial charge in [-0.05, 0) is 24.0 Å². The van der Waals surface area contributed by atoms with Crippen molar-refractivity contribution in [2.75, 3.05) is 11.9 Å². The number of pyridine rings is 1. The molecule has 0 fully saturated rings. The minimum Gasteiger partial charge on any atom is -0.476 e. The summed E-state index contributed by atoms with van der Waals surface area (Å²) in [6, 6.07) is 3.11. The van der Waals surface area contributed by atoms with E-state index >= 15 is 0 Å². The van der Waals surface area contributed by atoms with Crippen LogP contribution >= 0.6 is 11.6 Å². The van der Waals surface area contributed by atoms with Gasteiger partial charge in [-0.25, -0.2) is 9.78 Å². The number of halogens is 1. The Morgan fingerprint density at radius 3 is 2.58 bits per heavy atom. The summed E-state index contributed by atoms with van der Waals surface area (Å²) in [7, 11) is 0. The van der Waals surface area contributed by atoms with Gasteiger partial charge in [0.1, 0.15) is 5.82 Å². The number of aliphatic hydroxyl groups excluding tert-OH is 1. The maximum Gasteiger partial charge on any atom is 0.356 e.